The molecule has 0 unspecified atom stereocenters. The van der Waals surface area contributed by atoms with E-state index in [1.54, 1.807) is 43.8 Å². The van der Waals surface area contributed by atoms with Gasteiger partial charge in [-0.1, -0.05) is 12.1 Å². The van der Waals surface area contributed by atoms with E-state index >= 15 is 0 Å². The smallest absolute Gasteiger partial charge is 0.246 e. The van der Waals surface area contributed by atoms with Gasteiger partial charge < -0.3 is 9.47 Å². The maximum atomic E-state index is 10.7. The number of carbonyl (C=O) groups is 1. The third-order valence-corrected chi connectivity index (χ3v) is 3.24. The van der Waals surface area contributed by atoms with E-state index in [4.69, 9.17) is 9.47 Å². The maximum Gasteiger partial charge on any atom is 0.246 e. The molecule has 114 valence electrons. The summed E-state index contributed by atoms with van der Waals surface area (Å²) in [6.07, 6.45) is 3.96. The highest BCUT2D eigenvalue weighted by Gasteiger charge is 2.11. The normalized spacial score (nSPS) is 10.1. The average molecular weight is 306 g/mol. The molecule has 5 nitrogen and oxygen atoms in total. The molecule has 0 fully saturated rings. The van der Waals surface area contributed by atoms with E-state index in [9.17, 15) is 4.79 Å². The van der Waals surface area contributed by atoms with Crippen molar-refractivity contribution in [2.45, 2.75) is 0 Å². The summed E-state index contributed by atoms with van der Waals surface area (Å²) in [6.45, 7) is 0. The Morgan fingerprint density at radius 3 is 2.48 bits per heavy atom. The third-order valence-electron chi connectivity index (χ3n) is 3.24. The summed E-state index contributed by atoms with van der Waals surface area (Å²) in [5.74, 6) is 1.70. The van der Waals surface area contributed by atoms with Crippen molar-refractivity contribution in [3.05, 3.63) is 66.5 Å². The van der Waals surface area contributed by atoms with Crippen molar-refractivity contribution >= 4 is 6.29 Å². The van der Waals surface area contributed by atoms with Crippen LogP contribution in [0.25, 0.3) is 11.3 Å². The third kappa shape index (κ3) is 3.35. The minimum atomic E-state index is 0.389. The standard InChI is InChI=1S/C18H14N2O3/c1-22-16-4-2-3-14(11-16)17-18(20-10-9-19-17)23-15-7-5-13(12-21)6-8-15/h2-12H,1H3. The van der Waals surface area contributed by atoms with E-state index in [0.717, 1.165) is 17.6 Å². The second kappa shape index (κ2) is 6.70. The van der Waals surface area contributed by atoms with Gasteiger partial charge in [0.25, 0.3) is 0 Å². The van der Waals surface area contributed by atoms with Crippen molar-refractivity contribution in [2.24, 2.45) is 0 Å². The van der Waals surface area contributed by atoms with Crippen LogP contribution in [0.1, 0.15) is 10.4 Å². The number of nitrogens with zero attached hydrogens (tertiary/aromatic N) is 2. The van der Waals surface area contributed by atoms with Gasteiger partial charge in [-0.25, -0.2) is 9.97 Å². The Kier molecular flexibility index (Phi) is 4.29. The molecular formula is C18H14N2O3. The van der Waals surface area contributed by atoms with E-state index in [1.807, 2.05) is 24.3 Å². The fraction of sp³-hybridized carbons (Fsp3) is 0.0556. The highest BCUT2D eigenvalue weighted by Crippen LogP contribution is 2.31. The molecule has 1 heterocycles. The Morgan fingerprint density at radius 1 is 0.957 bits per heavy atom. The lowest BCUT2D eigenvalue weighted by molar-refractivity contribution is 0.112. The summed E-state index contributed by atoms with van der Waals surface area (Å²) in [5.41, 5.74) is 2.05. The average Bonchev–Trinajstić information content (AvgIpc) is 2.63. The fourth-order valence-corrected chi connectivity index (χ4v) is 2.09. The van der Waals surface area contributed by atoms with Crippen molar-refractivity contribution in [1.82, 2.24) is 9.97 Å². The van der Waals surface area contributed by atoms with Crippen LogP contribution in [-0.2, 0) is 0 Å². The second-order valence-electron chi connectivity index (χ2n) is 4.73. The summed E-state index contributed by atoms with van der Waals surface area (Å²) < 4.78 is 11.0. The fourth-order valence-electron chi connectivity index (χ4n) is 2.09. The molecule has 0 bridgehead atoms. The number of ether oxygens (including phenoxy) is 2. The number of aldehydes is 1. The van der Waals surface area contributed by atoms with E-state index in [-0.39, 0.29) is 0 Å². The largest absolute Gasteiger partial charge is 0.497 e. The van der Waals surface area contributed by atoms with E-state index in [1.165, 1.54) is 0 Å². The van der Waals surface area contributed by atoms with E-state index in [0.29, 0.717) is 22.9 Å². The molecule has 0 saturated carbocycles. The quantitative estimate of drug-likeness (QED) is 0.672. The molecule has 3 aromatic rings. The monoisotopic (exact) mass is 306 g/mol. The van der Waals surface area contributed by atoms with Crippen molar-refractivity contribution in [3.8, 4) is 28.6 Å². The number of aromatic nitrogens is 2. The first-order chi connectivity index (χ1) is 11.3. The lowest BCUT2D eigenvalue weighted by Gasteiger charge is -2.10. The first-order valence-corrected chi connectivity index (χ1v) is 6.98. The van der Waals surface area contributed by atoms with Gasteiger partial charge >= 0.3 is 0 Å². The molecular weight excluding hydrogens is 292 g/mol. The zero-order valence-corrected chi connectivity index (χ0v) is 12.5. The molecule has 0 atom stereocenters. The van der Waals surface area contributed by atoms with Crippen LogP contribution in [0.15, 0.2) is 60.9 Å². The van der Waals surface area contributed by atoms with Crippen LogP contribution in [0, 0.1) is 0 Å². The minimum absolute atomic E-state index is 0.389. The van der Waals surface area contributed by atoms with Gasteiger partial charge in [0.05, 0.1) is 7.11 Å². The van der Waals surface area contributed by atoms with E-state index in [2.05, 4.69) is 9.97 Å². The molecule has 0 aliphatic carbocycles. The van der Waals surface area contributed by atoms with Gasteiger partial charge in [0.1, 0.15) is 23.5 Å². The first-order valence-electron chi connectivity index (χ1n) is 6.98. The van der Waals surface area contributed by atoms with Gasteiger partial charge in [-0.15, -0.1) is 0 Å². The number of rotatable bonds is 5. The molecule has 1 aromatic heterocycles. The summed E-state index contributed by atoms with van der Waals surface area (Å²) >= 11 is 0. The first kappa shape index (κ1) is 14.7. The molecule has 0 aliphatic rings. The zero-order valence-electron chi connectivity index (χ0n) is 12.5. The molecule has 0 radical (unpaired) electrons. The topological polar surface area (TPSA) is 61.3 Å². The van der Waals surface area contributed by atoms with Crippen LogP contribution in [0.4, 0.5) is 0 Å². The Bertz CT molecular complexity index is 817. The van der Waals surface area contributed by atoms with Crippen LogP contribution in [-0.4, -0.2) is 23.4 Å². The highest BCUT2D eigenvalue weighted by molar-refractivity contribution is 5.75. The number of hydrogen-bond acceptors (Lipinski definition) is 5. The molecule has 0 aliphatic heterocycles. The Balaban J connectivity index is 1.95. The predicted molar refractivity (Wildman–Crippen MR) is 85.9 cm³/mol. The van der Waals surface area contributed by atoms with Crippen LogP contribution in [0.3, 0.4) is 0 Å². The lowest BCUT2D eigenvalue weighted by atomic mass is 10.1. The summed E-state index contributed by atoms with van der Waals surface area (Å²) in [5, 5.41) is 0. The molecule has 23 heavy (non-hydrogen) atoms. The summed E-state index contributed by atoms with van der Waals surface area (Å²) in [6, 6.07) is 14.3. The Labute approximate surface area is 133 Å². The van der Waals surface area contributed by atoms with Crippen LogP contribution < -0.4 is 9.47 Å². The summed E-state index contributed by atoms with van der Waals surface area (Å²) in [7, 11) is 1.61. The molecule has 0 spiro atoms. The van der Waals surface area contributed by atoms with Gasteiger partial charge in [0, 0.05) is 23.5 Å². The maximum absolute atomic E-state index is 10.7. The molecule has 0 saturated heterocycles. The number of benzene rings is 2. The van der Waals surface area contributed by atoms with Gasteiger partial charge in [0.15, 0.2) is 0 Å². The zero-order chi connectivity index (χ0) is 16.1. The van der Waals surface area contributed by atoms with Gasteiger partial charge in [-0.2, -0.15) is 0 Å². The SMILES string of the molecule is COc1cccc(-c2nccnc2Oc2ccc(C=O)cc2)c1. The molecule has 0 N–H and O–H groups in total. The van der Waals surface area contributed by atoms with Gasteiger partial charge in [-0.05, 0) is 36.4 Å². The van der Waals surface area contributed by atoms with Crippen molar-refractivity contribution in [3.63, 3.8) is 0 Å². The number of carbonyl (C=O) groups excluding carboxylic acids is 1. The molecule has 0 amide bonds. The predicted octanol–water partition coefficient (Wildman–Crippen LogP) is 3.76. The van der Waals surface area contributed by atoms with Crippen LogP contribution in [0.5, 0.6) is 17.4 Å². The van der Waals surface area contributed by atoms with Crippen molar-refractivity contribution in [2.75, 3.05) is 7.11 Å². The van der Waals surface area contributed by atoms with Crippen molar-refractivity contribution < 1.29 is 14.3 Å². The molecule has 5 heteroatoms. The van der Waals surface area contributed by atoms with E-state index < -0.39 is 0 Å². The number of methoxy groups -OCH3 is 1. The Morgan fingerprint density at radius 2 is 1.74 bits per heavy atom. The van der Waals surface area contributed by atoms with Gasteiger partial charge in [-0.3, -0.25) is 4.79 Å². The highest BCUT2D eigenvalue weighted by atomic mass is 16.5. The van der Waals surface area contributed by atoms with Crippen molar-refractivity contribution in [1.29, 1.82) is 0 Å². The number of hydrogen-bond donors (Lipinski definition) is 0. The summed E-state index contributed by atoms with van der Waals surface area (Å²) in [4.78, 5) is 19.3. The van der Waals surface area contributed by atoms with Gasteiger partial charge in [0.2, 0.25) is 5.88 Å². The minimum Gasteiger partial charge on any atom is -0.497 e. The van der Waals surface area contributed by atoms with Crippen LogP contribution >= 0.6 is 0 Å². The van der Waals surface area contributed by atoms with Crippen LogP contribution in [0.2, 0.25) is 0 Å². The molecule has 2 aromatic carbocycles. The lowest BCUT2D eigenvalue weighted by Crippen LogP contribution is -1.94. The molecule has 3 rings (SSSR count). The Hall–Kier alpha value is -3.21. The second-order valence-corrected chi connectivity index (χ2v) is 4.73.